The first-order valence-electron chi connectivity index (χ1n) is 9.02. The van der Waals surface area contributed by atoms with Gasteiger partial charge >= 0.3 is 0 Å². The van der Waals surface area contributed by atoms with Crippen LogP contribution in [0.15, 0.2) is 71.6 Å². The standard InChI is InChI=1S/C22H22ClNO5S/c1-27-18-7-10-20(11-8-18)30(25,26)24(15-16-5-4-6-17(23)13-16)21-14-19(28-2)9-12-22(21)29-3/h4-14H,15H2,1-3H3. The number of ether oxygens (including phenoxy) is 3. The third-order valence-electron chi connectivity index (χ3n) is 4.52. The third kappa shape index (κ3) is 4.63. The van der Waals surface area contributed by atoms with E-state index in [4.69, 9.17) is 25.8 Å². The minimum absolute atomic E-state index is 0.0540. The number of hydrogen-bond donors (Lipinski definition) is 0. The van der Waals surface area contributed by atoms with Crippen molar-refractivity contribution in [2.75, 3.05) is 25.6 Å². The quantitative estimate of drug-likeness (QED) is 0.498. The fraction of sp³-hybridized carbons (Fsp3) is 0.182. The predicted octanol–water partition coefficient (Wildman–Crippen LogP) is 4.76. The number of anilines is 1. The Bertz CT molecular complexity index is 1120. The van der Waals surface area contributed by atoms with Crippen LogP contribution < -0.4 is 18.5 Å². The molecule has 0 saturated heterocycles. The van der Waals surface area contributed by atoms with Gasteiger partial charge in [-0.15, -0.1) is 0 Å². The average molecular weight is 448 g/mol. The monoisotopic (exact) mass is 447 g/mol. The van der Waals surface area contributed by atoms with E-state index in [-0.39, 0.29) is 11.4 Å². The van der Waals surface area contributed by atoms with Crippen LogP contribution in [0.3, 0.4) is 0 Å². The van der Waals surface area contributed by atoms with E-state index >= 15 is 0 Å². The molecule has 0 unspecified atom stereocenters. The molecule has 3 rings (SSSR count). The van der Waals surface area contributed by atoms with E-state index in [0.717, 1.165) is 5.56 Å². The summed E-state index contributed by atoms with van der Waals surface area (Å²) in [5.41, 5.74) is 1.08. The largest absolute Gasteiger partial charge is 0.497 e. The smallest absolute Gasteiger partial charge is 0.264 e. The van der Waals surface area contributed by atoms with Gasteiger partial charge in [-0.1, -0.05) is 23.7 Å². The summed E-state index contributed by atoms with van der Waals surface area (Å²) in [5, 5.41) is 0.520. The molecule has 0 aliphatic rings. The number of halogens is 1. The van der Waals surface area contributed by atoms with Gasteiger partial charge in [0.25, 0.3) is 10.0 Å². The molecule has 30 heavy (non-hydrogen) atoms. The predicted molar refractivity (Wildman–Crippen MR) is 117 cm³/mol. The molecular formula is C22H22ClNO5S. The summed E-state index contributed by atoms with van der Waals surface area (Å²) in [7, 11) is 0.583. The molecule has 3 aromatic carbocycles. The van der Waals surface area contributed by atoms with E-state index in [0.29, 0.717) is 28.0 Å². The Labute approximate surface area is 181 Å². The van der Waals surface area contributed by atoms with Gasteiger partial charge in [-0.3, -0.25) is 4.31 Å². The van der Waals surface area contributed by atoms with E-state index in [1.807, 2.05) is 6.07 Å². The first kappa shape index (κ1) is 21.8. The molecule has 0 N–H and O–H groups in total. The number of methoxy groups -OCH3 is 3. The average Bonchev–Trinajstić information content (AvgIpc) is 2.77. The highest BCUT2D eigenvalue weighted by Crippen LogP contribution is 2.37. The van der Waals surface area contributed by atoms with E-state index in [1.54, 1.807) is 48.5 Å². The summed E-state index contributed by atoms with van der Waals surface area (Å²) in [6, 6.07) is 18.3. The topological polar surface area (TPSA) is 65.1 Å². The van der Waals surface area contributed by atoms with Crippen molar-refractivity contribution < 1.29 is 22.6 Å². The molecule has 6 nitrogen and oxygen atoms in total. The number of hydrogen-bond acceptors (Lipinski definition) is 5. The lowest BCUT2D eigenvalue weighted by Crippen LogP contribution is -2.31. The highest BCUT2D eigenvalue weighted by Gasteiger charge is 2.28. The molecule has 0 spiro atoms. The first-order chi connectivity index (χ1) is 14.4. The second kappa shape index (κ2) is 9.28. The van der Waals surface area contributed by atoms with Crippen molar-refractivity contribution >= 4 is 27.3 Å². The maximum atomic E-state index is 13.6. The van der Waals surface area contributed by atoms with Crippen LogP contribution in [0.1, 0.15) is 5.56 Å². The molecule has 0 aromatic heterocycles. The fourth-order valence-corrected chi connectivity index (χ4v) is 4.64. The summed E-state index contributed by atoms with van der Waals surface area (Å²) >= 11 is 6.12. The van der Waals surface area contributed by atoms with Crippen molar-refractivity contribution in [3.8, 4) is 17.2 Å². The molecule has 0 radical (unpaired) electrons. The van der Waals surface area contributed by atoms with Crippen LogP contribution in [0.2, 0.25) is 5.02 Å². The molecule has 0 aliphatic heterocycles. The molecule has 0 heterocycles. The van der Waals surface area contributed by atoms with Crippen LogP contribution in [0.25, 0.3) is 0 Å². The molecule has 8 heteroatoms. The van der Waals surface area contributed by atoms with Crippen LogP contribution in [-0.4, -0.2) is 29.7 Å². The zero-order valence-electron chi connectivity index (χ0n) is 16.8. The first-order valence-corrected chi connectivity index (χ1v) is 10.8. The molecule has 0 saturated carbocycles. The second-order valence-electron chi connectivity index (χ2n) is 6.35. The van der Waals surface area contributed by atoms with E-state index in [9.17, 15) is 8.42 Å². The molecule has 0 atom stereocenters. The zero-order valence-corrected chi connectivity index (χ0v) is 18.4. The van der Waals surface area contributed by atoms with Crippen molar-refractivity contribution in [1.29, 1.82) is 0 Å². The van der Waals surface area contributed by atoms with Crippen molar-refractivity contribution in [2.24, 2.45) is 0 Å². The SMILES string of the molecule is COc1ccc(S(=O)(=O)N(Cc2cccc(Cl)c2)c2cc(OC)ccc2OC)cc1. The molecule has 0 fully saturated rings. The van der Waals surface area contributed by atoms with E-state index < -0.39 is 10.0 Å². The molecule has 3 aromatic rings. The lowest BCUT2D eigenvalue weighted by Gasteiger charge is -2.27. The third-order valence-corrected chi connectivity index (χ3v) is 6.53. The van der Waals surface area contributed by atoms with Crippen LogP contribution >= 0.6 is 11.6 Å². The fourth-order valence-electron chi connectivity index (χ4n) is 2.97. The Balaban J connectivity index is 2.16. The highest BCUT2D eigenvalue weighted by atomic mass is 35.5. The number of sulfonamides is 1. The summed E-state index contributed by atoms with van der Waals surface area (Å²) in [6.07, 6.45) is 0. The summed E-state index contributed by atoms with van der Waals surface area (Å²) < 4.78 is 44.5. The van der Waals surface area contributed by atoms with Crippen LogP contribution in [0, 0.1) is 0 Å². The Morgan fingerprint density at radius 3 is 2.10 bits per heavy atom. The van der Waals surface area contributed by atoms with Crippen LogP contribution in [0.4, 0.5) is 5.69 Å². The van der Waals surface area contributed by atoms with Gasteiger partial charge in [-0.25, -0.2) is 8.42 Å². The summed E-state index contributed by atoms with van der Waals surface area (Å²) in [5.74, 6) is 1.47. The molecular weight excluding hydrogens is 426 g/mol. The maximum Gasteiger partial charge on any atom is 0.264 e. The van der Waals surface area contributed by atoms with Gasteiger partial charge in [0.2, 0.25) is 0 Å². The minimum atomic E-state index is -3.95. The van der Waals surface area contributed by atoms with Gasteiger partial charge in [0.1, 0.15) is 17.2 Å². The van der Waals surface area contributed by atoms with Crippen molar-refractivity contribution in [2.45, 2.75) is 11.4 Å². The minimum Gasteiger partial charge on any atom is -0.497 e. The maximum absolute atomic E-state index is 13.6. The molecule has 158 valence electrons. The summed E-state index contributed by atoms with van der Waals surface area (Å²) in [6.45, 7) is 0.0540. The van der Waals surface area contributed by atoms with Gasteiger partial charge in [0, 0.05) is 11.1 Å². The van der Waals surface area contributed by atoms with Crippen molar-refractivity contribution in [1.82, 2.24) is 0 Å². The summed E-state index contributed by atoms with van der Waals surface area (Å²) in [4.78, 5) is 0.121. The highest BCUT2D eigenvalue weighted by molar-refractivity contribution is 7.92. The Kier molecular flexibility index (Phi) is 6.74. The van der Waals surface area contributed by atoms with Gasteiger partial charge in [-0.2, -0.15) is 0 Å². The van der Waals surface area contributed by atoms with E-state index in [1.165, 1.54) is 37.8 Å². The molecule has 0 aliphatic carbocycles. The molecule has 0 bridgehead atoms. The second-order valence-corrected chi connectivity index (χ2v) is 8.65. The van der Waals surface area contributed by atoms with Gasteiger partial charge in [-0.05, 0) is 54.1 Å². The zero-order chi connectivity index (χ0) is 21.7. The van der Waals surface area contributed by atoms with Crippen molar-refractivity contribution in [3.63, 3.8) is 0 Å². The van der Waals surface area contributed by atoms with Crippen LogP contribution in [-0.2, 0) is 16.6 Å². The lowest BCUT2D eigenvalue weighted by atomic mass is 10.2. The normalized spacial score (nSPS) is 11.1. The Hall–Kier alpha value is -2.90. The van der Waals surface area contributed by atoms with Gasteiger partial charge in [0.15, 0.2) is 0 Å². The Morgan fingerprint density at radius 2 is 1.50 bits per heavy atom. The van der Waals surface area contributed by atoms with Crippen LogP contribution in [0.5, 0.6) is 17.2 Å². The lowest BCUT2D eigenvalue weighted by molar-refractivity contribution is 0.403. The number of rotatable bonds is 8. The number of benzene rings is 3. The Morgan fingerprint density at radius 1 is 0.833 bits per heavy atom. The van der Waals surface area contributed by atoms with Crippen molar-refractivity contribution in [3.05, 3.63) is 77.3 Å². The number of nitrogens with zero attached hydrogens (tertiary/aromatic N) is 1. The van der Waals surface area contributed by atoms with Gasteiger partial charge in [0.05, 0.1) is 38.5 Å². The van der Waals surface area contributed by atoms with Gasteiger partial charge < -0.3 is 14.2 Å². The van der Waals surface area contributed by atoms with E-state index in [2.05, 4.69) is 0 Å². The molecule has 0 amide bonds.